The predicted octanol–water partition coefficient (Wildman–Crippen LogP) is 1.45. The SMILES string of the molecule is CC(=O)c1ccc2c(c1)[C@H](O)[C@@H](C(C)(C)O)O2. The number of ether oxygens (including phenoxy) is 1. The third kappa shape index (κ3) is 2.06. The number of carbonyl (C=O) groups excluding carboxylic acids is 1. The molecule has 17 heavy (non-hydrogen) atoms. The molecule has 0 unspecified atom stereocenters. The van der Waals surface area contributed by atoms with Crippen molar-refractivity contribution in [1.29, 1.82) is 0 Å². The molecule has 4 heteroatoms. The van der Waals surface area contributed by atoms with Gasteiger partial charge in [-0.1, -0.05) is 0 Å². The first-order valence-electron chi connectivity index (χ1n) is 5.52. The number of aliphatic hydroxyl groups excluding tert-OH is 1. The predicted molar refractivity (Wildman–Crippen MR) is 62.1 cm³/mol. The number of rotatable bonds is 2. The molecule has 0 saturated carbocycles. The molecule has 0 fully saturated rings. The third-order valence-electron chi connectivity index (χ3n) is 2.97. The van der Waals surface area contributed by atoms with Gasteiger partial charge in [0.1, 0.15) is 11.9 Å². The molecule has 0 bridgehead atoms. The number of carbonyl (C=O) groups is 1. The summed E-state index contributed by atoms with van der Waals surface area (Å²) < 4.78 is 5.51. The molecule has 4 nitrogen and oxygen atoms in total. The quantitative estimate of drug-likeness (QED) is 0.763. The van der Waals surface area contributed by atoms with Crippen LogP contribution in [-0.2, 0) is 0 Å². The molecule has 2 N–H and O–H groups in total. The highest BCUT2D eigenvalue weighted by molar-refractivity contribution is 5.94. The molecule has 0 spiro atoms. The lowest BCUT2D eigenvalue weighted by Gasteiger charge is -2.27. The largest absolute Gasteiger partial charge is 0.484 e. The van der Waals surface area contributed by atoms with E-state index in [2.05, 4.69) is 0 Å². The fourth-order valence-corrected chi connectivity index (χ4v) is 2.00. The Bertz CT molecular complexity index is 459. The minimum absolute atomic E-state index is 0.0632. The third-order valence-corrected chi connectivity index (χ3v) is 2.97. The minimum Gasteiger partial charge on any atom is -0.484 e. The summed E-state index contributed by atoms with van der Waals surface area (Å²) in [6.45, 7) is 4.63. The van der Waals surface area contributed by atoms with Crippen molar-refractivity contribution in [2.75, 3.05) is 0 Å². The molecule has 0 aliphatic carbocycles. The van der Waals surface area contributed by atoms with Gasteiger partial charge in [0.25, 0.3) is 0 Å². The van der Waals surface area contributed by atoms with Crippen LogP contribution in [0.1, 0.15) is 42.8 Å². The van der Waals surface area contributed by atoms with Gasteiger partial charge in [0.05, 0.1) is 5.60 Å². The van der Waals surface area contributed by atoms with Crippen molar-refractivity contribution in [3.63, 3.8) is 0 Å². The van der Waals surface area contributed by atoms with Crippen molar-refractivity contribution < 1.29 is 19.7 Å². The standard InChI is InChI=1S/C13H16O4/c1-7(14)8-4-5-10-9(6-8)11(15)12(17-10)13(2,3)16/h4-6,11-12,15-16H,1-3H3/t11-,12-/m0/s1. The Morgan fingerprint density at radius 2 is 2.06 bits per heavy atom. The molecule has 1 aromatic carbocycles. The average Bonchev–Trinajstić information content (AvgIpc) is 2.55. The summed E-state index contributed by atoms with van der Waals surface area (Å²) in [7, 11) is 0. The van der Waals surface area contributed by atoms with E-state index in [-0.39, 0.29) is 5.78 Å². The number of Topliss-reactive ketones (excluding diaryl/α,β-unsaturated/α-hetero) is 1. The Hall–Kier alpha value is -1.39. The number of fused-ring (bicyclic) bond motifs is 1. The first-order chi connectivity index (χ1) is 7.80. The van der Waals surface area contributed by atoms with E-state index in [9.17, 15) is 15.0 Å². The number of hydrogen-bond donors (Lipinski definition) is 2. The van der Waals surface area contributed by atoms with Gasteiger partial charge in [0.15, 0.2) is 11.9 Å². The summed E-state index contributed by atoms with van der Waals surface area (Å²) in [4.78, 5) is 11.3. The summed E-state index contributed by atoms with van der Waals surface area (Å²) in [5.41, 5.74) is -0.0536. The van der Waals surface area contributed by atoms with Gasteiger partial charge >= 0.3 is 0 Å². The Balaban J connectivity index is 2.39. The molecular formula is C13H16O4. The van der Waals surface area contributed by atoms with Crippen molar-refractivity contribution in [3.8, 4) is 5.75 Å². The number of ketones is 1. The minimum atomic E-state index is -1.14. The summed E-state index contributed by atoms with van der Waals surface area (Å²) in [5.74, 6) is 0.460. The maximum atomic E-state index is 11.3. The van der Waals surface area contributed by atoms with Gasteiger partial charge in [-0.15, -0.1) is 0 Å². The maximum absolute atomic E-state index is 11.3. The van der Waals surface area contributed by atoms with E-state index in [0.717, 1.165) is 0 Å². The molecular weight excluding hydrogens is 220 g/mol. The average molecular weight is 236 g/mol. The van der Waals surface area contributed by atoms with Crippen LogP contribution in [0.2, 0.25) is 0 Å². The summed E-state index contributed by atoms with van der Waals surface area (Å²) >= 11 is 0. The zero-order valence-electron chi connectivity index (χ0n) is 10.1. The van der Waals surface area contributed by atoms with Crippen LogP contribution in [0.25, 0.3) is 0 Å². The van der Waals surface area contributed by atoms with Crippen LogP contribution in [0.15, 0.2) is 18.2 Å². The van der Waals surface area contributed by atoms with Crippen LogP contribution < -0.4 is 4.74 Å². The van der Waals surface area contributed by atoms with E-state index < -0.39 is 17.8 Å². The van der Waals surface area contributed by atoms with E-state index in [1.54, 1.807) is 32.0 Å². The molecule has 0 amide bonds. The molecule has 1 aromatic rings. The molecule has 1 aliphatic heterocycles. The number of hydrogen-bond acceptors (Lipinski definition) is 4. The van der Waals surface area contributed by atoms with Crippen LogP contribution in [-0.4, -0.2) is 27.7 Å². The lowest BCUT2D eigenvalue weighted by atomic mass is 9.93. The number of benzene rings is 1. The zero-order valence-corrected chi connectivity index (χ0v) is 10.1. The van der Waals surface area contributed by atoms with Crippen molar-refractivity contribution in [3.05, 3.63) is 29.3 Å². The van der Waals surface area contributed by atoms with E-state index in [0.29, 0.717) is 16.9 Å². The Kier molecular flexibility index (Phi) is 2.72. The van der Waals surface area contributed by atoms with Gasteiger partial charge in [0.2, 0.25) is 0 Å². The van der Waals surface area contributed by atoms with Crippen LogP contribution in [0.5, 0.6) is 5.75 Å². The van der Waals surface area contributed by atoms with Gasteiger partial charge in [-0.25, -0.2) is 0 Å². The van der Waals surface area contributed by atoms with Crippen LogP contribution in [0.4, 0.5) is 0 Å². The normalized spacial score (nSPS) is 23.1. The van der Waals surface area contributed by atoms with Gasteiger partial charge in [-0.3, -0.25) is 4.79 Å². The molecule has 0 saturated heterocycles. The van der Waals surface area contributed by atoms with E-state index in [4.69, 9.17) is 4.74 Å². The molecule has 0 aromatic heterocycles. The smallest absolute Gasteiger partial charge is 0.159 e. The van der Waals surface area contributed by atoms with Crippen LogP contribution >= 0.6 is 0 Å². The molecule has 0 radical (unpaired) electrons. The molecule has 2 atom stereocenters. The van der Waals surface area contributed by atoms with Gasteiger partial charge in [0, 0.05) is 11.1 Å². The molecule has 1 heterocycles. The molecule has 1 aliphatic rings. The summed E-state index contributed by atoms with van der Waals surface area (Å²) in [5, 5.41) is 20.0. The monoisotopic (exact) mass is 236 g/mol. The Labute approximate surface area is 99.8 Å². The second kappa shape index (κ2) is 3.82. The number of aliphatic hydroxyl groups is 2. The van der Waals surface area contributed by atoms with E-state index >= 15 is 0 Å². The first-order valence-corrected chi connectivity index (χ1v) is 5.52. The maximum Gasteiger partial charge on any atom is 0.159 e. The fraction of sp³-hybridized carbons (Fsp3) is 0.462. The van der Waals surface area contributed by atoms with E-state index in [1.807, 2.05) is 0 Å². The van der Waals surface area contributed by atoms with Crippen LogP contribution in [0.3, 0.4) is 0 Å². The summed E-state index contributed by atoms with van der Waals surface area (Å²) in [6.07, 6.45) is -1.62. The van der Waals surface area contributed by atoms with E-state index in [1.165, 1.54) is 6.92 Å². The molecule has 2 rings (SSSR count). The Morgan fingerprint density at radius 1 is 1.41 bits per heavy atom. The fourth-order valence-electron chi connectivity index (χ4n) is 2.00. The van der Waals surface area contributed by atoms with Gasteiger partial charge in [-0.05, 0) is 39.0 Å². The van der Waals surface area contributed by atoms with Crippen molar-refractivity contribution in [2.24, 2.45) is 0 Å². The molecule has 92 valence electrons. The van der Waals surface area contributed by atoms with Crippen LogP contribution in [0, 0.1) is 0 Å². The van der Waals surface area contributed by atoms with Gasteiger partial charge in [-0.2, -0.15) is 0 Å². The lowest BCUT2D eigenvalue weighted by Crippen LogP contribution is -2.41. The highest BCUT2D eigenvalue weighted by atomic mass is 16.5. The zero-order chi connectivity index (χ0) is 12.8. The topological polar surface area (TPSA) is 66.8 Å². The summed E-state index contributed by atoms with van der Waals surface area (Å²) in [6, 6.07) is 4.93. The highest BCUT2D eigenvalue weighted by Crippen LogP contribution is 2.40. The highest BCUT2D eigenvalue weighted by Gasteiger charge is 2.42. The second-order valence-electron chi connectivity index (χ2n) is 4.95. The Morgan fingerprint density at radius 3 is 2.59 bits per heavy atom. The van der Waals surface area contributed by atoms with Crippen molar-refractivity contribution in [1.82, 2.24) is 0 Å². The van der Waals surface area contributed by atoms with Crippen molar-refractivity contribution in [2.45, 2.75) is 38.6 Å². The van der Waals surface area contributed by atoms with Crippen molar-refractivity contribution >= 4 is 5.78 Å². The first kappa shape index (κ1) is 12.1. The lowest BCUT2D eigenvalue weighted by molar-refractivity contribution is -0.0762. The second-order valence-corrected chi connectivity index (χ2v) is 4.95. The van der Waals surface area contributed by atoms with Gasteiger partial charge < -0.3 is 14.9 Å².